The fraction of sp³-hybridized carbons (Fsp3) is 0.250. The molecule has 0 aliphatic carbocycles. The molecule has 30 heavy (non-hydrogen) atoms. The van der Waals surface area contributed by atoms with Gasteiger partial charge in [-0.3, -0.25) is 9.78 Å². The van der Waals surface area contributed by atoms with Crippen molar-refractivity contribution < 1.29 is 13.9 Å². The number of ether oxygens (including phenoxy) is 1. The number of benzene rings is 2. The summed E-state index contributed by atoms with van der Waals surface area (Å²) in [6.07, 6.45) is 5.21. The Bertz CT molecular complexity index is 1090. The largest absolute Gasteiger partial charge is 0.373 e. The van der Waals surface area contributed by atoms with Crippen molar-refractivity contribution in [3.63, 3.8) is 0 Å². The van der Waals surface area contributed by atoms with Crippen LogP contribution < -0.4 is 5.32 Å². The molecule has 2 aromatic carbocycles. The molecule has 5 rings (SSSR count). The second kappa shape index (κ2) is 7.82. The molecule has 2 fully saturated rings. The fourth-order valence-electron chi connectivity index (χ4n) is 4.74. The Kier molecular flexibility index (Phi) is 5.01. The summed E-state index contributed by atoms with van der Waals surface area (Å²) in [6, 6.07) is 15.7. The molecule has 4 unspecified atom stereocenters. The first kappa shape index (κ1) is 19.2. The molecule has 152 valence electrons. The minimum absolute atomic E-state index is 0.0148. The fourth-order valence-corrected chi connectivity index (χ4v) is 4.97. The third-order valence-corrected chi connectivity index (χ3v) is 6.40. The van der Waals surface area contributed by atoms with Gasteiger partial charge in [0.05, 0.1) is 18.1 Å². The number of amides is 1. The van der Waals surface area contributed by atoms with Crippen molar-refractivity contribution in [2.75, 3.05) is 5.32 Å². The third-order valence-electron chi connectivity index (χ3n) is 6.07. The Morgan fingerprint density at radius 3 is 2.57 bits per heavy atom. The van der Waals surface area contributed by atoms with E-state index < -0.39 is 5.82 Å². The number of anilines is 1. The van der Waals surface area contributed by atoms with E-state index in [2.05, 4.69) is 10.3 Å². The van der Waals surface area contributed by atoms with Crippen LogP contribution in [0.2, 0.25) is 5.02 Å². The average molecular weight is 423 g/mol. The molecule has 2 bridgehead atoms. The van der Waals surface area contributed by atoms with Gasteiger partial charge in [0, 0.05) is 40.1 Å². The predicted octanol–water partition coefficient (Wildman–Crippen LogP) is 5.44. The molecular weight excluding hydrogens is 403 g/mol. The zero-order valence-electron chi connectivity index (χ0n) is 16.1. The summed E-state index contributed by atoms with van der Waals surface area (Å²) >= 11 is 6.20. The summed E-state index contributed by atoms with van der Waals surface area (Å²) in [5.41, 5.74) is 2.49. The Morgan fingerprint density at radius 1 is 1.03 bits per heavy atom. The molecule has 3 heterocycles. The van der Waals surface area contributed by atoms with Crippen molar-refractivity contribution >= 4 is 23.2 Å². The first-order valence-electron chi connectivity index (χ1n) is 10.0. The van der Waals surface area contributed by atoms with Crippen LogP contribution >= 0.6 is 11.6 Å². The summed E-state index contributed by atoms with van der Waals surface area (Å²) in [6.45, 7) is 0. The van der Waals surface area contributed by atoms with Crippen LogP contribution in [-0.4, -0.2) is 23.1 Å². The van der Waals surface area contributed by atoms with Gasteiger partial charge in [0.15, 0.2) is 0 Å². The number of halogens is 2. The highest BCUT2D eigenvalue weighted by molar-refractivity contribution is 6.33. The summed E-state index contributed by atoms with van der Waals surface area (Å²) in [5, 5.41) is 3.37. The molecule has 6 heteroatoms. The molecule has 1 N–H and O–H groups in total. The zero-order valence-corrected chi connectivity index (χ0v) is 16.9. The van der Waals surface area contributed by atoms with Crippen molar-refractivity contribution in [1.82, 2.24) is 4.98 Å². The van der Waals surface area contributed by atoms with Gasteiger partial charge in [-0.05, 0) is 54.8 Å². The van der Waals surface area contributed by atoms with Crippen molar-refractivity contribution in [1.29, 1.82) is 0 Å². The predicted molar refractivity (Wildman–Crippen MR) is 114 cm³/mol. The van der Waals surface area contributed by atoms with Crippen molar-refractivity contribution in [2.45, 2.75) is 31.0 Å². The average Bonchev–Trinajstić information content (AvgIpc) is 3.37. The number of rotatable bonds is 4. The molecule has 0 spiro atoms. The van der Waals surface area contributed by atoms with Gasteiger partial charge in [-0.2, -0.15) is 0 Å². The Hall–Kier alpha value is -2.76. The number of aromatic nitrogens is 1. The Labute approximate surface area is 179 Å². The van der Waals surface area contributed by atoms with Gasteiger partial charge >= 0.3 is 0 Å². The quantitative estimate of drug-likeness (QED) is 0.609. The highest BCUT2D eigenvalue weighted by Crippen LogP contribution is 2.49. The van der Waals surface area contributed by atoms with E-state index in [1.165, 1.54) is 6.07 Å². The van der Waals surface area contributed by atoms with Crippen LogP contribution in [0.25, 0.3) is 11.1 Å². The maximum atomic E-state index is 14.8. The highest BCUT2D eigenvalue weighted by atomic mass is 35.5. The van der Waals surface area contributed by atoms with E-state index in [4.69, 9.17) is 16.3 Å². The molecule has 0 radical (unpaired) electrons. The van der Waals surface area contributed by atoms with Gasteiger partial charge in [0.25, 0.3) is 0 Å². The molecule has 3 aromatic rings. The first-order valence-corrected chi connectivity index (χ1v) is 10.4. The van der Waals surface area contributed by atoms with Crippen LogP contribution in [0, 0.1) is 11.7 Å². The number of hydrogen-bond donors (Lipinski definition) is 1. The van der Waals surface area contributed by atoms with Crippen LogP contribution in [0.15, 0.2) is 67.0 Å². The Balaban J connectivity index is 1.39. The number of carbonyl (C=O) groups is 1. The summed E-state index contributed by atoms with van der Waals surface area (Å²) in [5.74, 6) is -0.902. The lowest BCUT2D eigenvalue weighted by Crippen LogP contribution is -2.36. The summed E-state index contributed by atoms with van der Waals surface area (Å²) in [7, 11) is 0. The molecule has 2 aliphatic heterocycles. The number of carbonyl (C=O) groups excluding carboxylic acids is 1. The number of hydrogen-bond acceptors (Lipinski definition) is 3. The normalized spacial score (nSPS) is 24.7. The van der Waals surface area contributed by atoms with Crippen LogP contribution in [0.1, 0.15) is 24.3 Å². The summed E-state index contributed by atoms with van der Waals surface area (Å²) in [4.78, 5) is 17.2. The van der Waals surface area contributed by atoms with E-state index in [1.54, 1.807) is 42.7 Å². The van der Waals surface area contributed by atoms with E-state index in [1.807, 2.05) is 18.2 Å². The second-order valence-electron chi connectivity index (χ2n) is 7.79. The van der Waals surface area contributed by atoms with Crippen LogP contribution in [0.5, 0.6) is 0 Å². The smallest absolute Gasteiger partial charge is 0.230 e. The maximum Gasteiger partial charge on any atom is 0.230 e. The van der Waals surface area contributed by atoms with Gasteiger partial charge in [-0.15, -0.1) is 0 Å². The van der Waals surface area contributed by atoms with Crippen molar-refractivity contribution in [3.05, 3.63) is 83.4 Å². The number of nitrogens with one attached hydrogen (secondary N) is 1. The maximum absolute atomic E-state index is 14.8. The van der Waals surface area contributed by atoms with Crippen molar-refractivity contribution in [2.24, 2.45) is 5.92 Å². The molecule has 0 saturated carbocycles. The number of pyridine rings is 1. The molecule has 4 atom stereocenters. The van der Waals surface area contributed by atoms with Gasteiger partial charge < -0.3 is 10.1 Å². The molecule has 2 aliphatic rings. The number of nitrogens with zero attached hydrogens (tertiary/aromatic N) is 1. The minimum atomic E-state index is -0.434. The molecule has 1 aromatic heterocycles. The van der Waals surface area contributed by atoms with Gasteiger partial charge in [-0.25, -0.2) is 4.39 Å². The van der Waals surface area contributed by atoms with E-state index in [0.29, 0.717) is 21.8 Å². The Morgan fingerprint density at radius 2 is 1.80 bits per heavy atom. The second-order valence-corrected chi connectivity index (χ2v) is 8.19. The van der Waals surface area contributed by atoms with Gasteiger partial charge in [-0.1, -0.05) is 29.8 Å². The lowest BCUT2D eigenvalue weighted by Gasteiger charge is -2.27. The van der Waals surface area contributed by atoms with E-state index in [0.717, 1.165) is 18.4 Å². The van der Waals surface area contributed by atoms with Crippen molar-refractivity contribution in [3.8, 4) is 11.1 Å². The van der Waals surface area contributed by atoms with Crippen LogP contribution in [-0.2, 0) is 9.53 Å². The van der Waals surface area contributed by atoms with E-state index in [-0.39, 0.29) is 30.0 Å². The van der Waals surface area contributed by atoms with E-state index >= 15 is 0 Å². The molecule has 1 amide bonds. The molecular formula is C24H20ClFN2O2. The lowest BCUT2D eigenvalue weighted by molar-refractivity contribution is -0.121. The highest BCUT2D eigenvalue weighted by Gasteiger charge is 2.52. The SMILES string of the molecule is O=C(Nc1ccc(-c2ccccc2Cl)c(F)c1)C1C2CCC(O2)C1c1ccncc1. The standard InChI is InChI=1S/C24H20ClFN2O2/c25-18-4-2-1-3-16(18)17-6-5-15(13-19(17)26)28-24(29)23-21-8-7-20(30-21)22(23)14-9-11-27-12-10-14/h1-6,9-13,20-23H,7-8H2,(H,28,29). The van der Waals surface area contributed by atoms with E-state index in [9.17, 15) is 9.18 Å². The molecule has 2 saturated heterocycles. The zero-order chi connectivity index (χ0) is 20.7. The van der Waals surface area contributed by atoms with Crippen LogP contribution in [0.4, 0.5) is 10.1 Å². The van der Waals surface area contributed by atoms with Crippen LogP contribution in [0.3, 0.4) is 0 Å². The van der Waals surface area contributed by atoms with Gasteiger partial charge in [0.2, 0.25) is 5.91 Å². The topological polar surface area (TPSA) is 51.2 Å². The number of fused-ring (bicyclic) bond motifs is 2. The summed E-state index contributed by atoms with van der Waals surface area (Å²) < 4.78 is 20.8. The first-order chi connectivity index (χ1) is 14.6. The lowest BCUT2D eigenvalue weighted by atomic mass is 9.75. The monoisotopic (exact) mass is 422 g/mol. The molecule has 4 nitrogen and oxygen atoms in total. The van der Waals surface area contributed by atoms with Gasteiger partial charge in [0.1, 0.15) is 5.82 Å². The third kappa shape index (κ3) is 3.38. The minimum Gasteiger partial charge on any atom is -0.373 e.